The van der Waals surface area contributed by atoms with Gasteiger partial charge >= 0.3 is 0 Å². The van der Waals surface area contributed by atoms with Crippen LogP contribution in [0.15, 0.2) is 10.5 Å². The number of nitriles is 1. The van der Waals surface area contributed by atoms with Crippen LogP contribution in [-0.4, -0.2) is 18.5 Å². The van der Waals surface area contributed by atoms with Crippen molar-refractivity contribution in [2.24, 2.45) is 0 Å². The van der Waals surface area contributed by atoms with E-state index >= 15 is 0 Å². The van der Waals surface area contributed by atoms with Crippen LogP contribution in [0.3, 0.4) is 0 Å². The first-order chi connectivity index (χ1) is 6.13. The minimum absolute atomic E-state index is 0.438. The van der Waals surface area contributed by atoms with Crippen LogP contribution < -0.4 is 0 Å². The molecule has 1 aromatic heterocycles. The number of rotatable bonds is 3. The van der Waals surface area contributed by atoms with Crippen molar-refractivity contribution >= 4 is 38.9 Å². The predicted molar refractivity (Wildman–Crippen MR) is 59.0 cm³/mol. The minimum Gasteiger partial charge on any atom is -0.289 e. The van der Waals surface area contributed by atoms with Crippen LogP contribution in [0.2, 0.25) is 4.34 Å². The van der Waals surface area contributed by atoms with Crippen LogP contribution in [0.25, 0.3) is 0 Å². The molecule has 0 saturated carbocycles. The van der Waals surface area contributed by atoms with Gasteiger partial charge in [-0.05, 0) is 29.0 Å². The van der Waals surface area contributed by atoms with Crippen molar-refractivity contribution < 1.29 is 0 Å². The van der Waals surface area contributed by atoms with E-state index < -0.39 is 0 Å². The lowest BCUT2D eigenvalue weighted by Crippen LogP contribution is -2.16. The van der Waals surface area contributed by atoms with Crippen molar-refractivity contribution in [3.8, 4) is 6.07 Å². The Morgan fingerprint density at radius 1 is 1.77 bits per heavy atom. The molecule has 0 aliphatic heterocycles. The number of thiophene rings is 1. The molecule has 0 aliphatic rings. The zero-order valence-electron chi connectivity index (χ0n) is 7.05. The Balaban J connectivity index is 2.60. The van der Waals surface area contributed by atoms with Crippen molar-refractivity contribution in [3.05, 3.63) is 19.8 Å². The van der Waals surface area contributed by atoms with Gasteiger partial charge in [0.2, 0.25) is 0 Å². The number of halogens is 2. The molecule has 0 saturated heterocycles. The summed E-state index contributed by atoms with van der Waals surface area (Å²) >= 11 is 10.8. The van der Waals surface area contributed by atoms with Crippen molar-refractivity contribution in [2.45, 2.75) is 6.54 Å². The average molecular weight is 280 g/mol. The summed E-state index contributed by atoms with van der Waals surface area (Å²) in [7, 11) is 1.91. The van der Waals surface area contributed by atoms with Gasteiger partial charge in [0, 0.05) is 15.9 Å². The largest absolute Gasteiger partial charge is 0.289 e. The molecule has 70 valence electrons. The lowest BCUT2D eigenvalue weighted by molar-refractivity contribution is 0.371. The fourth-order valence-electron chi connectivity index (χ4n) is 0.912. The van der Waals surface area contributed by atoms with Gasteiger partial charge in [-0.3, -0.25) is 4.90 Å². The van der Waals surface area contributed by atoms with Gasteiger partial charge < -0.3 is 0 Å². The first-order valence-corrected chi connectivity index (χ1v) is 5.61. The maximum absolute atomic E-state index is 8.45. The topological polar surface area (TPSA) is 27.0 Å². The van der Waals surface area contributed by atoms with Crippen LogP contribution in [0.5, 0.6) is 0 Å². The highest BCUT2D eigenvalue weighted by Gasteiger charge is 2.06. The van der Waals surface area contributed by atoms with Crippen LogP contribution in [0, 0.1) is 11.3 Å². The highest BCUT2D eigenvalue weighted by molar-refractivity contribution is 9.10. The molecular weight excluding hydrogens is 272 g/mol. The standard InChI is InChI=1S/C8H8BrClN2S/c1-12(3-2-11)5-6-4-7(9)8(10)13-6/h4H,3,5H2,1H3. The molecule has 0 aromatic carbocycles. The smallest absolute Gasteiger partial charge is 0.107 e. The van der Waals surface area contributed by atoms with E-state index in [1.807, 2.05) is 18.0 Å². The second kappa shape index (κ2) is 4.97. The Labute approximate surface area is 94.9 Å². The van der Waals surface area contributed by atoms with E-state index in [0.29, 0.717) is 6.54 Å². The van der Waals surface area contributed by atoms with Gasteiger partial charge in [0.25, 0.3) is 0 Å². The van der Waals surface area contributed by atoms with Crippen LogP contribution >= 0.6 is 38.9 Å². The van der Waals surface area contributed by atoms with Crippen LogP contribution in [0.4, 0.5) is 0 Å². The molecule has 0 atom stereocenters. The first-order valence-electron chi connectivity index (χ1n) is 3.62. The highest BCUT2D eigenvalue weighted by Crippen LogP contribution is 2.32. The lowest BCUT2D eigenvalue weighted by atomic mass is 10.4. The fourth-order valence-corrected chi connectivity index (χ4v) is 2.78. The van der Waals surface area contributed by atoms with E-state index in [4.69, 9.17) is 16.9 Å². The molecule has 0 aliphatic carbocycles. The molecule has 2 nitrogen and oxygen atoms in total. The Hall–Kier alpha value is -0.0800. The van der Waals surface area contributed by atoms with Gasteiger partial charge in [-0.1, -0.05) is 11.6 Å². The molecular formula is C8H8BrClN2S. The Morgan fingerprint density at radius 2 is 2.46 bits per heavy atom. The third kappa shape index (κ3) is 3.28. The summed E-state index contributed by atoms with van der Waals surface area (Å²) in [6.07, 6.45) is 0. The Bertz CT molecular complexity index is 312. The fraction of sp³-hybridized carbons (Fsp3) is 0.375. The molecule has 0 spiro atoms. The highest BCUT2D eigenvalue weighted by atomic mass is 79.9. The normalized spacial score (nSPS) is 10.4. The number of hydrogen-bond acceptors (Lipinski definition) is 3. The van der Waals surface area contributed by atoms with E-state index in [1.165, 1.54) is 11.3 Å². The SMILES string of the molecule is CN(CC#N)Cc1cc(Br)c(Cl)s1. The second-order valence-corrected chi connectivity index (χ2v) is 5.26. The van der Waals surface area contributed by atoms with Gasteiger partial charge in [-0.25, -0.2) is 0 Å². The molecule has 13 heavy (non-hydrogen) atoms. The quantitative estimate of drug-likeness (QED) is 0.795. The summed E-state index contributed by atoms with van der Waals surface area (Å²) in [6, 6.07) is 4.08. The zero-order chi connectivity index (χ0) is 9.84. The maximum Gasteiger partial charge on any atom is 0.107 e. The summed E-state index contributed by atoms with van der Waals surface area (Å²) in [6.45, 7) is 1.21. The Kier molecular flexibility index (Phi) is 4.20. The summed E-state index contributed by atoms with van der Waals surface area (Å²) in [5.41, 5.74) is 0. The van der Waals surface area contributed by atoms with Gasteiger partial charge in [0.1, 0.15) is 4.34 Å². The zero-order valence-corrected chi connectivity index (χ0v) is 10.2. The number of hydrogen-bond donors (Lipinski definition) is 0. The average Bonchev–Trinajstić information content (AvgIpc) is 2.31. The third-order valence-corrected chi connectivity index (χ3v) is 3.92. The molecule has 0 radical (unpaired) electrons. The molecule has 0 amide bonds. The van der Waals surface area contributed by atoms with Crippen LogP contribution in [0.1, 0.15) is 4.88 Å². The third-order valence-electron chi connectivity index (χ3n) is 1.46. The molecule has 1 aromatic rings. The first kappa shape index (κ1) is 11.0. The van der Waals surface area contributed by atoms with Crippen molar-refractivity contribution in [1.29, 1.82) is 5.26 Å². The molecule has 0 fully saturated rings. The second-order valence-electron chi connectivity index (χ2n) is 2.66. The van der Waals surface area contributed by atoms with Gasteiger partial charge in [-0.15, -0.1) is 11.3 Å². The van der Waals surface area contributed by atoms with Crippen LogP contribution in [-0.2, 0) is 6.54 Å². The van der Waals surface area contributed by atoms with E-state index in [1.54, 1.807) is 0 Å². The van der Waals surface area contributed by atoms with Gasteiger partial charge in [0.05, 0.1) is 12.6 Å². The Morgan fingerprint density at radius 3 is 2.92 bits per heavy atom. The summed E-state index contributed by atoms with van der Waals surface area (Å²) in [4.78, 5) is 3.10. The van der Waals surface area contributed by atoms with Crippen molar-refractivity contribution in [2.75, 3.05) is 13.6 Å². The van der Waals surface area contributed by atoms with Crippen molar-refractivity contribution in [1.82, 2.24) is 4.90 Å². The van der Waals surface area contributed by atoms with E-state index in [2.05, 4.69) is 22.0 Å². The monoisotopic (exact) mass is 278 g/mol. The van der Waals surface area contributed by atoms with E-state index in [9.17, 15) is 0 Å². The van der Waals surface area contributed by atoms with Gasteiger partial charge in [0.15, 0.2) is 0 Å². The van der Waals surface area contributed by atoms with Gasteiger partial charge in [-0.2, -0.15) is 5.26 Å². The maximum atomic E-state index is 8.45. The lowest BCUT2D eigenvalue weighted by Gasteiger charge is -2.09. The molecule has 5 heteroatoms. The molecule has 1 rings (SSSR count). The van der Waals surface area contributed by atoms with E-state index in [0.717, 1.165) is 20.2 Å². The molecule has 0 unspecified atom stereocenters. The molecule has 1 heterocycles. The summed E-state index contributed by atoms with van der Waals surface area (Å²) in [5.74, 6) is 0. The predicted octanol–water partition coefficient (Wildman–Crippen LogP) is 3.12. The summed E-state index contributed by atoms with van der Waals surface area (Å²) in [5, 5.41) is 8.45. The number of nitrogens with zero attached hydrogens (tertiary/aromatic N) is 2. The summed E-state index contributed by atoms with van der Waals surface area (Å²) < 4.78 is 1.69. The molecule has 0 N–H and O–H groups in total. The molecule has 0 bridgehead atoms. The van der Waals surface area contributed by atoms with E-state index in [-0.39, 0.29) is 0 Å². The minimum atomic E-state index is 0.438. The van der Waals surface area contributed by atoms with Crippen molar-refractivity contribution in [3.63, 3.8) is 0 Å².